The van der Waals surface area contributed by atoms with Crippen molar-refractivity contribution < 1.29 is 16.8 Å². The summed E-state index contributed by atoms with van der Waals surface area (Å²) in [5.74, 6) is 0.0184. The van der Waals surface area contributed by atoms with Crippen molar-refractivity contribution in [3.8, 4) is 0 Å². The number of alkyl halides is 2. The number of rotatable bonds is 14. The Labute approximate surface area is 174 Å². The third kappa shape index (κ3) is 10.6. The van der Waals surface area contributed by atoms with Crippen LogP contribution >= 0.6 is 34.8 Å². The lowest BCUT2D eigenvalue weighted by Crippen LogP contribution is -2.42. The maximum absolute atomic E-state index is 11.8. The first-order chi connectivity index (χ1) is 12.7. The summed E-state index contributed by atoms with van der Waals surface area (Å²) in [6, 6.07) is 0. The Kier molecular flexibility index (Phi) is 11.1. The van der Waals surface area contributed by atoms with E-state index in [2.05, 4.69) is 26.7 Å². The molecule has 0 bridgehead atoms. The Morgan fingerprint density at radius 3 is 2.07 bits per heavy atom. The summed E-state index contributed by atoms with van der Waals surface area (Å²) in [7, 11) is -6.43. The fourth-order valence-corrected chi connectivity index (χ4v) is 5.56. The van der Waals surface area contributed by atoms with Gasteiger partial charge in [-0.05, 0) is 24.4 Å². The Bertz CT molecular complexity index is 780. The maximum Gasteiger partial charge on any atom is 0.244 e. The molecule has 0 fully saturated rings. The van der Waals surface area contributed by atoms with Crippen LogP contribution in [0.5, 0.6) is 0 Å². The molecule has 0 aliphatic carbocycles. The van der Waals surface area contributed by atoms with Gasteiger partial charge in [0.1, 0.15) is 0 Å². The highest BCUT2D eigenvalue weighted by atomic mass is 35.5. The molecule has 0 spiro atoms. The van der Waals surface area contributed by atoms with E-state index in [1.807, 2.05) is 0 Å². The molecule has 0 aliphatic rings. The average molecular weight is 482 g/mol. The zero-order valence-electron chi connectivity index (χ0n) is 14.4. The summed E-state index contributed by atoms with van der Waals surface area (Å²) in [5.41, 5.74) is 2.98. The van der Waals surface area contributed by atoms with Crippen LogP contribution < -0.4 is 10.4 Å². The minimum absolute atomic E-state index is 0.0191. The fraction of sp³-hybridized carbons (Fsp3) is 0.769. The van der Waals surface area contributed by atoms with Gasteiger partial charge in [0, 0.05) is 24.8 Å². The van der Waals surface area contributed by atoms with Crippen LogP contribution in [0, 0.1) is 6.33 Å². The second kappa shape index (κ2) is 12.2. The highest BCUT2D eigenvalue weighted by molar-refractivity contribution is 7.91. The van der Waals surface area contributed by atoms with Crippen LogP contribution in [-0.2, 0) is 19.7 Å². The number of halogens is 3. The van der Waals surface area contributed by atoms with Gasteiger partial charge in [-0.15, -0.1) is 23.2 Å². The zero-order chi connectivity index (χ0) is 20.3. The molecule has 1 aromatic heterocycles. The third-order valence-electron chi connectivity index (χ3n) is 3.27. The van der Waals surface area contributed by atoms with E-state index in [1.165, 1.54) is 5.01 Å². The van der Waals surface area contributed by atoms with E-state index in [1.54, 1.807) is 0 Å². The van der Waals surface area contributed by atoms with E-state index in [9.17, 15) is 16.8 Å². The van der Waals surface area contributed by atoms with E-state index in [0.29, 0.717) is 19.4 Å². The van der Waals surface area contributed by atoms with E-state index in [4.69, 9.17) is 34.8 Å². The molecular formula is C13H21Cl3N5O4S2. The van der Waals surface area contributed by atoms with Gasteiger partial charge < -0.3 is 0 Å². The van der Waals surface area contributed by atoms with Crippen LogP contribution in [-0.4, -0.2) is 79.6 Å². The Balaban J connectivity index is 2.64. The van der Waals surface area contributed by atoms with Crippen molar-refractivity contribution in [2.24, 2.45) is 0 Å². The average Bonchev–Trinajstić information content (AvgIpc) is 2.56. The second-order valence-electron chi connectivity index (χ2n) is 5.45. The molecule has 1 rings (SSSR count). The molecule has 27 heavy (non-hydrogen) atoms. The first-order valence-electron chi connectivity index (χ1n) is 8.00. The van der Waals surface area contributed by atoms with Gasteiger partial charge in [-0.1, -0.05) is 0 Å². The highest BCUT2D eigenvalue weighted by Crippen LogP contribution is 2.08. The molecule has 0 saturated heterocycles. The molecule has 1 N–H and O–H groups in total. The van der Waals surface area contributed by atoms with Crippen molar-refractivity contribution in [2.75, 3.05) is 52.9 Å². The SMILES string of the molecule is O=S(=O)(CCCl)CCCNN(CCCS(=O)(=O)CCCl)c1n[c]nc(Cl)n1. The largest absolute Gasteiger partial charge is 0.276 e. The minimum atomic E-state index is -3.23. The quantitative estimate of drug-likeness (QED) is 0.233. The molecule has 155 valence electrons. The Morgan fingerprint density at radius 2 is 1.52 bits per heavy atom. The van der Waals surface area contributed by atoms with Crippen molar-refractivity contribution >= 4 is 60.4 Å². The molecule has 0 saturated carbocycles. The van der Waals surface area contributed by atoms with Crippen molar-refractivity contribution in [3.05, 3.63) is 11.6 Å². The van der Waals surface area contributed by atoms with Crippen molar-refractivity contribution in [2.45, 2.75) is 12.8 Å². The van der Waals surface area contributed by atoms with Crippen LogP contribution in [0.15, 0.2) is 0 Å². The monoisotopic (exact) mass is 480 g/mol. The van der Waals surface area contributed by atoms with Crippen LogP contribution in [0.2, 0.25) is 5.28 Å². The van der Waals surface area contributed by atoms with Crippen molar-refractivity contribution in [1.29, 1.82) is 0 Å². The molecule has 0 unspecified atom stereocenters. The molecule has 14 heteroatoms. The summed E-state index contributed by atoms with van der Waals surface area (Å²) < 4.78 is 46.9. The van der Waals surface area contributed by atoms with E-state index in [-0.39, 0.29) is 52.5 Å². The highest BCUT2D eigenvalue weighted by Gasteiger charge is 2.15. The molecule has 1 aromatic rings. The predicted octanol–water partition coefficient (Wildman–Crippen LogP) is 0.724. The van der Waals surface area contributed by atoms with E-state index >= 15 is 0 Å². The Hall–Kier alpha value is -0.460. The van der Waals surface area contributed by atoms with Crippen LogP contribution in [0.3, 0.4) is 0 Å². The van der Waals surface area contributed by atoms with Gasteiger partial charge in [0.15, 0.2) is 19.7 Å². The summed E-state index contributed by atoms with van der Waals surface area (Å²) in [5, 5.41) is 1.43. The van der Waals surface area contributed by atoms with E-state index < -0.39 is 19.7 Å². The summed E-state index contributed by atoms with van der Waals surface area (Å²) >= 11 is 16.7. The van der Waals surface area contributed by atoms with Gasteiger partial charge >= 0.3 is 0 Å². The van der Waals surface area contributed by atoms with Gasteiger partial charge in [0.25, 0.3) is 0 Å². The van der Waals surface area contributed by atoms with Gasteiger partial charge in [-0.2, -0.15) is 15.0 Å². The number of nitrogens with one attached hydrogen (secondary N) is 1. The number of sulfone groups is 2. The first-order valence-corrected chi connectivity index (χ1v) is 13.1. The smallest absolute Gasteiger partial charge is 0.244 e. The summed E-state index contributed by atoms with van der Waals surface area (Å²) in [6.07, 6.45) is 2.97. The molecule has 1 heterocycles. The minimum Gasteiger partial charge on any atom is -0.276 e. The van der Waals surface area contributed by atoms with Gasteiger partial charge in [0.2, 0.25) is 17.6 Å². The normalized spacial score (nSPS) is 12.3. The lowest BCUT2D eigenvalue weighted by Gasteiger charge is -2.23. The number of hydrazine groups is 1. The van der Waals surface area contributed by atoms with E-state index in [0.717, 1.165) is 0 Å². The summed E-state index contributed by atoms with van der Waals surface area (Å²) in [6.45, 7) is 0.559. The third-order valence-corrected chi connectivity index (χ3v) is 7.74. The lowest BCUT2D eigenvalue weighted by molar-refractivity contribution is 0.568. The topological polar surface area (TPSA) is 122 Å². The number of anilines is 1. The van der Waals surface area contributed by atoms with Crippen molar-refractivity contribution in [1.82, 2.24) is 20.4 Å². The maximum atomic E-state index is 11.8. The van der Waals surface area contributed by atoms with Gasteiger partial charge in [-0.3, -0.25) is 5.01 Å². The van der Waals surface area contributed by atoms with Crippen LogP contribution in [0.25, 0.3) is 0 Å². The lowest BCUT2D eigenvalue weighted by atomic mass is 10.4. The first kappa shape index (κ1) is 24.6. The van der Waals surface area contributed by atoms with Crippen LogP contribution in [0.4, 0.5) is 5.95 Å². The standard InChI is InChI=1S/C13H21Cl3N5O4S2/c14-3-9-26(22,23)7-1-5-19-21(13-18-11-17-12(16)20-13)6-2-8-27(24,25)10-4-15/h19H,1-10H2. The molecule has 0 amide bonds. The molecular weight excluding hydrogens is 461 g/mol. The number of hydrogen-bond acceptors (Lipinski definition) is 9. The molecule has 0 aromatic carbocycles. The van der Waals surface area contributed by atoms with Crippen molar-refractivity contribution in [3.63, 3.8) is 0 Å². The number of aromatic nitrogens is 3. The van der Waals surface area contributed by atoms with Crippen LogP contribution in [0.1, 0.15) is 12.8 Å². The number of nitrogens with zero attached hydrogens (tertiary/aromatic N) is 4. The van der Waals surface area contributed by atoms with Gasteiger partial charge in [0.05, 0.1) is 23.0 Å². The summed E-state index contributed by atoms with van der Waals surface area (Å²) in [4.78, 5) is 11.4. The zero-order valence-corrected chi connectivity index (χ0v) is 18.3. The fourth-order valence-electron chi connectivity index (χ4n) is 2.00. The molecule has 0 aliphatic heterocycles. The number of hydrogen-bond donors (Lipinski definition) is 1. The second-order valence-corrected chi connectivity index (χ2v) is 11.2. The Morgan fingerprint density at radius 1 is 0.926 bits per heavy atom. The van der Waals surface area contributed by atoms with Gasteiger partial charge in [-0.25, -0.2) is 22.3 Å². The molecule has 0 atom stereocenters. The molecule has 1 radical (unpaired) electrons. The predicted molar refractivity (Wildman–Crippen MR) is 107 cm³/mol. The molecule has 9 nitrogen and oxygen atoms in total.